The van der Waals surface area contributed by atoms with Gasteiger partial charge in [-0.15, -0.1) is 0 Å². The van der Waals surface area contributed by atoms with Crippen molar-refractivity contribution < 1.29 is 35.0 Å². The largest absolute Gasteiger partial charge is 0.303 e. The van der Waals surface area contributed by atoms with E-state index in [1.54, 1.807) is 0 Å². The number of para-hydroxylation sites is 2. The first-order valence-corrected chi connectivity index (χ1v) is 11.1. The molecule has 0 saturated heterocycles. The highest BCUT2D eigenvalue weighted by Gasteiger charge is 2.27. The number of unbranched alkanes of at least 4 members (excludes halogenated alkanes) is 1. The van der Waals surface area contributed by atoms with Crippen LogP contribution >= 0.6 is 0 Å². The Morgan fingerprint density at radius 1 is 0.667 bits per heavy atom. The normalized spacial score (nSPS) is 11.9. The minimum atomic E-state index is -4.39. The minimum absolute atomic E-state index is 0.0479. The van der Waals surface area contributed by atoms with Crippen molar-refractivity contribution in [2.75, 3.05) is 13.2 Å². The average molecular weight is 460 g/mol. The third-order valence-electron chi connectivity index (χ3n) is 3.68. The molecule has 0 amide bonds. The molecule has 2 aromatic carbocycles. The van der Waals surface area contributed by atoms with E-state index in [0.717, 1.165) is 24.3 Å². The van der Waals surface area contributed by atoms with Gasteiger partial charge in [0, 0.05) is 12.1 Å². The highest BCUT2D eigenvalue weighted by Crippen LogP contribution is 2.26. The van der Waals surface area contributed by atoms with E-state index < -0.39 is 51.2 Å². The van der Waals surface area contributed by atoms with Gasteiger partial charge in [-0.1, -0.05) is 24.3 Å². The number of hydrogen-bond acceptors (Lipinski definition) is 10. The van der Waals surface area contributed by atoms with Gasteiger partial charge in [-0.05, 0) is 25.0 Å². The molecule has 0 atom stereocenters. The lowest BCUT2D eigenvalue weighted by Crippen LogP contribution is -2.12. The molecule has 0 bridgehead atoms. The SMILES string of the molecule is O=[N+]([O-])c1ccccc1S(=O)(=O)OCCCCOS(=O)(=O)c1ccccc1[N+](=O)[O-]. The Bertz CT molecular complexity index is 1050. The van der Waals surface area contributed by atoms with Gasteiger partial charge in [0.25, 0.3) is 11.4 Å². The van der Waals surface area contributed by atoms with Gasteiger partial charge in [-0.25, -0.2) is 0 Å². The van der Waals surface area contributed by atoms with E-state index in [1.807, 2.05) is 0 Å². The summed E-state index contributed by atoms with van der Waals surface area (Å²) in [6.45, 7) is -0.744. The number of rotatable bonds is 11. The van der Waals surface area contributed by atoms with Crippen LogP contribution < -0.4 is 0 Å². The van der Waals surface area contributed by atoms with Crippen LogP contribution in [0.2, 0.25) is 0 Å². The molecule has 2 rings (SSSR count). The molecule has 162 valence electrons. The molecule has 2 aromatic rings. The van der Waals surface area contributed by atoms with Crippen LogP contribution in [0.25, 0.3) is 0 Å². The molecule has 0 heterocycles. The maximum absolute atomic E-state index is 12.1. The minimum Gasteiger partial charge on any atom is -0.266 e. The van der Waals surface area contributed by atoms with Crippen LogP contribution in [-0.4, -0.2) is 39.9 Å². The highest BCUT2D eigenvalue weighted by atomic mass is 32.2. The second kappa shape index (κ2) is 9.71. The summed E-state index contributed by atoms with van der Waals surface area (Å²) in [5.74, 6) is 0. The summed E-state index contributed by atoms with van der Waals surface area (Å²) in [5.41, 5.74) is -1.26. The highest BCUT2D eigenvalue weighted by molar-refractivity contribution is 7.87. The predicted molar refractivity (Wildman–Crippen MR) is 102 cm³/mol. The number of benzene rings is 2. The number of hydrogen-bond donors (Lipinski definition) is 0. The molecule has 0 aliphatic heterocycles. The van der Waals surface area contributed by atoms with Gasteiger partial charge in [0.2, 0.25) is 0 Å². The second-order valence-electron chi connectivity index (χ2n) is 5.71. The maximum Gasteiger partial charge on any atom is 0.303 e. The van der Waals surface area contributed by atoms with Crippen molar-refractivity contribution in [1.29, 1.82) is 0 Å². The van der Waals surface area contributed by atoms with E-state index in [4.69, 9.17) is 8.37 Å². The Morgan fingerprint density at radius 2 is 1.00 bits per heavy atom. The van der Waals surface area contributed by atoms with E-state index >= 15 is 0 Å². The van der Waals surface area contributed by atoms with Gasteiger partial charge in [-0.3, -0.25) is 28.6 Å². The van der Waals surface area contributed by atoms with Crippen molar-refractivity contribution >= 4 is 31.6 Å². The van der Waals surface area contributed by atoms with Crippen LogP contribution in [0.3, 0.4) is 0 Å². The summed E-state index contributed by atoms with van der Waals surface area (Å²) >= 11 is 0. The Labute approximate surface area is 171 Å². The van der Waals surface area contributed by atoms with Crippen molar-refractivity contribution in [3.05, 3.63) is 68.8 Å². The molecule has 0 spiro atoms. The van der Waals surface area contributed by atoms with E-state index in [1.165, 1.54) is 24.3 Å². The lowest BCUT2D eigenvalue weighted by Gasteiger charge is -2.07. The maximum atomic E-state index is 12.1. The fourth-order valence-corrected chi connectivity index (χ4v) is 4.52. The van der Waals surface area contributed by atoms with Gasteiger partial charge in [0.05, 0.1) is 23.1 Å². The van der Waals surface area contributed by atoms with E-state index in [9.17, 15) is 37.1 Å². The van der Waals surface area contributed by atoms with Crippen LogP contribution in [-0.2, 0) is 28.6 Å². The molecule has 0 saturated carbocycles. The predicted octanol–water partition coefficient (Wildman–Crippen LogP) is 2.39. The second-order valence-corrected chi connectivity index (χ2v) is 8.88. The zero-order valence-electron chi connectivity index (χ0n) is 15.2. The summed E-state index contributed by atoms with van der Waals surface area (Å²) in [6.07, 6.45) is 0.0958. The molecular weight excluding hydrogens is 444 g/mol. The average Bonchev–Trinajstić information content (AvgIpc) is 2.70. The van der Waals surface area contributed by atoms with Gasteiger partial charge in [0.1, 0.15) is 0 Å². The van der Waals surface area contributed by atoms with Crippen molar-refractivity contribution in [2.45, 2.75) is 22.6 Å². The topological polar surface area (TPSA) is 173 Å². The summed E-state index contributed by atoms with van der Waals surface area (Å²) in [6, 6.07) is 9.37. The van der Waals surface area contributed by atoms with Crippen LogP contribution in [0.1, 0.15) is 12.8 Å². The summed E-state index contributed by atoms with van der Waals surface area (Å²) in [4.78, 5) is 19.0. The van der Waals surface area contributed by atoms with Crippen molar-refractivity contribution in [3.8, 4) is 0 Å². The molecule has 0 aliphatic carbocycles. The Kier molecular flexibility index (Phi) is 7.55. The molecule has 0 aromatic heterocycles. The monoisotopic (exact) mass is 460 g/mol. The standard InChI is InChI=1S/C16H16N2O10S2/c19-17(20)13-7-1-3-9-15(13)29(23,24)27-11-5-6-12-28-30(25,26)16-10-4-2-8-14(16)18(21)22/h1-4,7-10H,5-6,11-12H2. The molecule has 0 aliphatic rings. The molecule has 0 fully saturated rings. The van der Waals surface area contributed by atoms with Gasteiger partial charge < -0.3 is 0 Å². The van der Waals surface area contributed by atoms with Gasteiger partial charge in [-0.2, -0.15) is 16.8 Å². The fourth-order valence-electron chi connectivity index (χ4n) is 2.31. The smallest absolute Gasteiger partial charge is 0.266 e. The zero-order valence-corrected chi connectivity index (χ0v) is 16.9. The molecule has 0 N–H and O–H groups in total. The summed E-state index contributed by atoms with van der Waals surface area (Å²) in [5, 5.41) is 21.9. The lowest BCUT2D eigenvalue weighted by molar-refractivity contribution is -0.388. The Morgan fingerprint density at radius 3 is 1.33 bits per heavy atom. The first kappa shape index (κ1) is 23.3. The first-order valence-electron chi connectivity index (χ1n) is 8.32. The lowest BCUT2D eigenvalue weighted by atomic mass is 10.3. The third-order valence-corrected chi connectivity index (χ3v) is 6.40. The third kappa shape index (κ3) is 5.79. The van der Waals surface area contributed by atoms with Gasteiger partial charge in [0.15, 0.2) is 9.79 Å². The number of nitro benzene ring substituents is 2. The van der Waals surface area contributed by atoms with Crippen LogP contribution in [0, 0.1) is 20.2 Å². The van der Waals surface area contributed by atoms with Crippen LogP contribution in [0.5, 0.6) is 0 Å². The van der Waals surface area contributed by atoms with Crippen LogP contribution in [0.15, 0.2) is 58.3 Å². The molecule has 12 nitrogen and oxygen atoms in total. The first-order chi connectivity index (χ1) is 14.1. The molecule has 14 heteroatoms. The number of nitro groups is 2. The van der Waals surface area contributed by atoms with Gasteiger partial charge >= 0.3 is 20.2 Å². The van der Waals surface area contributed by atoms with E-state index in [2.05, 4.69) is 0 Å². The molecular formula is C16H16N2O10S2. The van der Waals surface area contributed by atoms with E-state index in [-0.39, 0.29) is 26.1 Å². The summed E-state index contributed by atoms with van der Waals surface area (Å²) < 4.78 is 58.0. The van der Waals surface area contributed by atoms with E-state index in [0.29, 0.717) is 0 Å². The molecule has 30 heavy (non-hydrogen) atoms. The Hall–Kier alpha value is -2.94. The Balaban J connectivity index is 1.89. The zero-order chi connectivity index (χ0) is 22.4. The molecule has 0 radical (unpaired) electrons. The van der Waals surface area contributed by atoms with Crippen molar-refractivity contribution in [1.82, 2.24) is 0 Å². The molecule has 0 unspecified atom stereocenters. The summed E-state index contributed by atoms with van der Waals surface area (Å²) in [7, 11) is -8.77. The van der Waals surface area contributed by atoms with Crippen molar-refractivity contribution in [2.24, 2.45) is 0 Å². The fraction of sp³-hybridized carbons (Fsp3) is 0.250. The number of nitrogens with zero attached hydrogens (tertiary/aromatic N) is 2. The van der Waals surface area contributed by atoms with Crippen LogP contribution in [0.4, 0.5) is 11.4 Å². The van der Waals surface area contributed by atoms with Crippen molar-refractivity contribution in [3.63, 3.8) is 0 Å². The quantitative estimate of drug-likeness (QED) is 0.210.